The first-order chi connectivity index (χ1) is 8.95. The van der Waals surface area contributed by atoms with Crippen molar-refractivity contribution in [2.45, 2.75) is 17.0 Å². The van der Waals surface area contributed by atoms with E-state index in [9.17, 15) is 4.79 Å². The predicted molar refractivity (Wildman–Crippen MR) is 74.3 cm³/mol. The topological polar surface area (TPSA) is 63.1 Å². The molecular formula is C12H8Cl2N2O2S. The smallest absolute Gasteiger partial charge is 0.354 e. The van der Waals surface area contributed by atoms with E-state index >= 15 is 0 Å². The number of hydrogen-bond donors (Lipinski definition) is 1. The zero-order valence-corrected chi connectivity index (χ0v) is 12.1. The minimum absolute atomic E-state index is 0.0480. The number of rotatable bonds is 3. The first kappa shape index (κ1) is 14.1. The van der Waals surface area contributed by atoms with Crippen LogP contribution in [0.1, 0.15) is 16.2 Å². The van der Waals surface area contributed by atoms with Crippen LogP contribution >= 0.6 is 35.0 Å². The van der Waals surface area contributed by atoms with Crippen LogP contribution in [-0.4, -0.2) is 21.0 Å². The molecule has 0 saturated carbocycles. The molecule has 1 aromatic carbocycles. The van der Waals surface area contributed by atoms with Gasteiger partial charge in [-0.25, -0.2) is 14.8 Å². The van der Waals surface area contributed by atoms with E-state index in [4.69, 9.17) is 28.3 Å². The Morgan fingerprint density at radius 2 is 2.00 bits per heavy atom. The van der Waals surface area contributed by atoms with Crippen LogP contribution < -0.4 is 0 Å². The molecule has 2 rings (SSSR count). The molecule has 1 N–H and O–H groups in total. The SMILES string of the molecule is Cc1cc(C(=O)O)nc(Sc2cc(Cl)ccc2Cl)n1. The highest BCUT2D eigenvalue weighted by Crippen LogP contribution is 2.33. The molecule has 0 radical (unpaired) electrons. The molecule has 0 aliphatic rings. The second kappa shape index (κ2) is 5.77. The Labute approximate surface area is 123 Å². The number of halogens is 2. The summed E-state index contributed by atoms with van der Waals surface area (Å²) >= 11 is 13.1. The molecule has 1 aromatic heterocycles. The van der Waals surface area contributed by atoms with Gasteiger partial charge in [-0.1, -0.05) is 23.2 Å². The van der Waals surface area contributed by atoms with Gasteiger partial charge in [-0.2, -0.15) is 0 Å². The molecule has 0 fully saturated rings. The van der Waals surface area contributed by atoms with E-state index in [1.165, 1.54) is 17.8 Å². The maximum atomic E-state index is 10.9. The number of carboxylic acid groups (broad SMARTS) is 1. The van der Waals surface area contributed by atoms with Gasteiger partial charge >= 0.3 is 5.97 Å². The molecule has 2 aromatic rings. The van der Waals surface area contributed by atoms with Gasteiger partial charge in [-0.15, -0.1) is 0 Å². The predicted octanol–water partition coefficient (Wildman–Crippen LogP) is 3.94. The molecule has 0 aliphatic heterocycles. The van der Waals surface area contributed by atoms with Gasteiger partial charge in [-0.05, 0) is 43.0 Å². The Balaban J connectivity index is 2.38. The van der Waals surface area contributed by atoms with Gasteiger partial charge in [0.05, 0.1) is 5.02 Å². The lowest BCUT2D eigenvalue weighted by atomic mass is 10.3. The minimum Gasteiger partial charge on any atom is -0.477 e. The molecule has 0 aliphatic carbocycles. The molecule has 0 atom stereocenters. The molecule has 98 valence electrons. The fraction of sp³-hybridized carbons (Fsp3) is 0.0833. The maximum absolute atomic E-state index is 10.9. The van der Waals surface area contributed by atoms with Crippen molar-refractivity contribution in [3.8, 4) is 0 Å². The molecule has 7 heteroatoms. The maximum Gasteiger partial charge on any atom is 0.354 e. The number of nitrogens with zero attached hydrogens (tertiary/aromatic N) is 2. The van der Waals surface area contributed by atoms with Crippen molar-refractivity contribution in [1.82, 2.24) is 9.97 Å². The average molecular weight is 315 g/mol. The van der Waals surface area contributed by atoms with Gasteiger partial charge < -0.3 is 5.11 Å². The largest absolute Gasteiger partial charge is 0.477 e. The molecule has 0 bridgehead atoms. The van der Waals surface area contributed by atoms with Crippen molar-refractivity contribution in [1.29, 1.82) is 0 Å². The lowest BCUT2D eigenvalue weighted by Gasteiger charge is -2.05. The third-order valence-corrected chi connectivity index (χ3v) is 3.75. The number of aryl methyl sites for hydroxylation is 1. The summed E-state index contributed by atoms with van der Waals surface area (Å²) in [6.07, 6.45) is 0. The summed E-state index contributed by atoms with van der Waals surface area (Å²) in [6.45, 7) is 1.71. The molecule has 4 nitrogen and oxygen atoms in total. The third-order valence-electron chi connectivity index (χ3n) is 2.15. The summed E-state index contributed by atoms with van der Waals surface area (Å²) in [5, 5.41) is 10.3. The number of carbonyl (C=O) groups is 1. The fourth-order valence-electron chi connectivity index (χ4n) is 1.35. The van der Waals surface area contributed by atoms with E-state index in [0.29, 0.717) is 25.8 Å². The van der Waals surface area contributed by atoms with Gasteiger partial charge in [0.15, 0.2) is 10.9 Å². The van der Waals surface area contributed by atoms with Gasteiger partial charge in [0.25, 0.3) is 0 Å². The molecule has 1 heterocycles. The van der Waals surface area contributed by atoms with E-state index < -0.39 is 5.97 Å². The number of aromatic carboxylic acids is 1. The van der Waals surface area contributed by atoms with Crippen molar-refractivity contribution in [2.24, 2.45) is 0 Å². The van der Waals surface area contributed by atoms with Crippen LogP contribution in [0.25, 0.3) is 0 Å². The van der Waals surface area contributed by atoms with E-state index in [1.54, 1.807) is 25.1 Å². The van der Waals surface area contributed by atoms with Gasteiger partial charge in [-0.3, -0.25) is 0 Å². The minimum atomic E-state index is -1.09. The van der Waals surface area contributed by atoms with Gasteiger partial charge in [0, 0.05) is 15.6 Å². The molecule has 0 amide bonds. The van der Waals surface area contributed by atoms with Crippen LogP contribution in [0.4, 0.5) is 0 Å². The first-order valence-corrected chi connectivity index (χ1v) is 6.75. The highest BCUT2D eigenvalue weighted by Gasteiger charge is 2.11. The lowest BCUT2D eigenvalue weighted by Crippen LogP contribution is -2.03. The summed E-state index contributed by atoms with van der Waals surface area (Å²) < 4.78 is 0. The van der Waals surface area contributed by atoms with Crippen LogP contribution in [0.2, 0.25) is 10.0 Å². The van der Waals surface area contributed by atoms with Gasteiger partial charge in [0.2, 0.25) is 0 Å². The number of hydrogen-bond acceptors (Lipinski definition) is 4. The fourth-order valence-corrected chi connectivity index (χ4v) is 2.70. The van der Waals surface area contributed by atoms with Crippen LogP contribution in [-0.2, 0) is 0 Å². The summed E-state index contributed by atoms with van der Waals surface area (Å²) in [6, 6.07) is 6.43. The Morgan fingerprint density at radius 3 is 2.68 bits per heavy atom. The summed E-state index contributed by atoms with van der Waals surface area (Å²) in [4.78, 5) is 19.7. The van der Waals surface area contributed by atoms with Crippen molar-refractivity contribution in [2.75, 3.05) is 0 Å². The standard InChI is InChI=1S/C12H8Cl2N2O2S/c1-6-4-9(11(17)18)16-12(15-6)19-10-5-7(13)2-3-8(10)14/h2-5H,1H3,(H,17,18). The van der Waals surface area contributed by atoms with Gasteiger partial charge in [0.1, 0.15) is 0 Å². The Morgan fingerprint density at radius 1 is 1.26 bits per heavy atom. The van der Waals surface area contributed by atoms with Crippen LogP contribution in [0.15, 0.2) is 34.3 Å². The second-order valence-corrected chi connectivity index (χ2v) is 5.51. The van der Waals surface area contributed by atoms with E-state index in [0.717, 1.165) is 0 Å². The lowest BCUT2D eigenvalue weighted by molar-refractivity contribution is 0.0689. The number of aromatic nitrogens is 2. The average Bonchev–Trinajstić information content (AvgIpc) is 2.33. The zero-order chi connectivity index (χ0) is 14.0. The van der Waals surface area contributed by atoms with Crippen molar-refractivity contribution >= 4 is 40.9 Å². The van der Waals surface area contributed by atoms with E-state index in [1.807, 2.05) is 0 Å². The number of carboxylic acids is 1. The monoisotopic (exact) mass is 314 g/mol. The molecular weight excluding hydrogens is 307 g/mol. The molecule has 19 heavy (non-hydrogen) atoms. The Kier molecular flexibility index (Phi) is 4.29. The van der Waals surface area contributed by atoms with Crippen LogP contribution in [0, 0.1) is 6.92 Å². The van der Waals surface area contributed by atoms with Crippen molar-refractivity contribution in [3.05, 3.63) is 45.7 Å². The van der Waals surface area contributed by atoms with Crippen molar-refractivity contribution in [3.63, 3.8) is 0 Å². The zero-order valence-electron chi connectivity index (χ0n) is 9.72. The molecule has 0 saturated heterocycles. The Hall–Kier alpha value is -1.30. The normalized spacial score (nSPS) is 10.5. The van der Waals surface area contributed by atoms with E-state index in [-0.39, 0.29) is 5.69 Å². The van der Waals surface area contributed by atoms with Crippen LogP contribution in [0.3, 0.4) is 0 Å². The summed E-state index contributed by atoms with van der Waals surface area (Å²) in [5.74, 6) is -1.09. The highest BCUT2D eigenvalue weighted by atomic mass is 35.5. The molecule has 0 unspecified atom stereocenters. The van der Waals surface area contributed by atoms with E-state index in [2.05, 4.69) is 9.97 Å². The number of benzene rings is 1. The highest BCUT2D eigenvalue weighted by molar-refractivity contribution is 7.99. The third kappa shape index (κ3) is 3.59. The summed E-state index contributed by atoms with van der Waals surface area (Å²) in [7, 11) is 0. The van der Waals surface area contributed by atoms with Crippen molar-refractivity contribution < 1.29 is 9.90 Å². The quantitative estimate of drug-likeness (QED) is 0.869. The first-order valence-electron chi connectivity index (χ1n) is 5.17. The summed E-state index contributed by atoms with van der Waals surface area (Å²) in [5.41, 5.74) is 0.529. The second-order valence-electron chi connectivity index (χ2n) is 3.66. The van der Waals surface area contributed by atoms with Crippen LogP contribution in [0.5, 0.6) is 0 Å². The Bertz CT molecular complexity index is 650. The molecule has 0 spiro atoms.